The van der Waals surface area contributed by atoms with Crippen LogP contribution >= 0.6 is 0 Å². The van der Waals surface area contributed by atoms with Gasteiger partial charge in [0.1, 0.15) is 11.6 Å². The van der Waals surface area contributed by atoms with Crippen molar-refractivity contribution in [1.82, 2.24) is 20.8 Å². The van der Waals surface area contributed by atoms with E-state index in [4.69, 9.17) is 4.74 Å². The number of benzene rings is 1. The highest BCUT2D eigenvalue weighted by atomic mass is 16.5. The van der Waals surface area contributed by atoms with Crippen LogP contribution in [0.2, 0.25) is 0 Å². The second-order valence-corrected chi connectivity index (χ2v) is 5.78. The van der Waals surface area contributed by atoms with Gasteiger partial charge in [0.25, 0.3) is 0 Å². The Hall–Kier alpha value is -2.71. The van der Waals surface area contributed by atoms with Crippen molar-refractivity contribution in [2.75, 3.05) is 31.3 Å². The number of aryl methyl sites for hydroxylation is 1. The van der Waals surface area contributed by atoms with Gasteiger partial charge in [-0.05, 0) is 31.5 Å². The third-order valence-electron chi connectivity index (χ3n) is 3.98. The van der Waals surface area contributed by atoms with Crippen LogP contribution in [0.1, 0.15) is 22.5 Å². The number of rotatable bonds is 6. The largest absolute Gasteiger partial charge is 0.496 e. The zero-order valence-electron chi connectivity index (χ0n) is 14.5. The number of Topliss-reactive ketones (excluding diaryl/α,β-unsaturated/α-hetero) is 1. The lowest BCUT2D eigenvalue weighted by molar-refractivity contribution is 0.0946. The lowest BCUT2D eigenvalue weighted by atomic mass is 10.0. The molecule has 1 unspecified atom stereocenters. The maximum atomic E-state index is 12.7. The van der Waals surface area contributed by atoms with Gasteiger partial charge in [0.05, 0.1) is 18.7 Å². The topological polar surface area (TPSA) is 100 Å². The van der Waals surface area contributed by atoms with Gasteiger partial charge in [0.15, 0.2) is 5.78 Å². The Balaban J connectivity index is 1.88. The zero-order valence-corrected chi connectivity index (χ0v) is 14.5. The summed E-state index contributed by atoms with van der Waals surface area (Å²) in [5.41, 5.74) is 8.06. The SMILES string of the molecule is CNc1cc(C)nc(Nc2ccc(OC)c(C(=O)C3CCNN3)c2)n1. The monoisotopic (exact) mass is 342 g/mol. The van der Waals surface area contributed by atoms with Gasteiger partial charge in [-0.1, -0.05) is 0 Å². The van der Waals surface area contributed by atoms with Gasteiger partial charge in [0.2, 0.25) is 5.95 Å². The Morgan fingerprint density at radius 2 is 2.16 bits per heavy atom. The summed E-state index contributed by atoms with van der Waals surface area (Å²) in [7, 11) is 3.36. The Labute approximate surface area is 146 Å². The van der Waals surface area contributed by atoms with Crippen molar-refractivity contribution in [3.8, 4) is 5.75 Å². The first-order chi connectivity index (χ1) is 12.1. The number of ether oxygens (including phenoxy) is 1. The van der Waals surface area contributed by atoms with Gasteiger partial charge in [-0.15, -0.1) is 0 Å². The summed E-state index contributed by atoms with van der Waals surface area (Å²) in [5, 5.41) is 6.15. The van der Waals surface area contributed by atoms with Crippen LogP contribution in [0.4, 0.5) is 17.5 Å². The van der Waals surface area contributed by atoms with Crippen LogP contribution in [-0.2, 0) is 0 Å². The fourth-order valence-corrected chi connectivity index (χ4v) is 2.73. The molecule has 0 spiro atoms. The van der Waals surface area contributed by atoms with Crippen LogP contribution in [0.3, 0.4) is 0 Å². The minimum atomic E-state index is -0.254. The molecule has 1 saturated heterocycles. The molecule has 1 aromatic carbocycles. The van der Waals surface area contributed by atoms with Gasteiger partial charge < -0.3 is 15.4 Å². The molecule has 1 aliphatic heterocycles. The lowest BCUT2D eigenvalue weighted by Crippen LogP contribution is -2.36. The molecule has 0 aliphatic carbocycles. The molecule has 4 N–H and O–H groups in total. The van der Waals surface area contributed by atoms with Gasteiger partial charge in [-0.3, -0.25) is 10.2 Å². The molecule has 3 rings (SSSR count). The number of hydrogen-bond donors (Lipinski definition) is 4. The highest BCUT2D eigenvalue weighted by molar-refractivity contribution is 6.03. The smallest absolute Gasteiger partial charge is 0.229 e. The van der Waals surface area contributed by atoms with E-state index in [1.807, 2.05) is 19.1 Å². The molecule has 0 saturated carbocycles. The average Bonchev–Trinajstić information content (AvgIpc) is 3.15. The number of nitrogens with one attached hydrogen (secondary N) is 4. The number of hydrogen-bond acceptors (Lipinski definition) is 8. The summed E-state index contributed by atoms with van der Waals surface area (Å²) in [4.78, 5) is 21.5. The molecule has 0 radical (unpaired) electrons. The molecule has 2 heterocycles. The van der Waals surface area contributed by atoms with Gasteiger partial charge in [-0.2, -0.15) is 4.98 Å². The number of carbonyl (C=O) groups is 1. The Bertz CT molecular complexity index is 774. The van der Waals surface area contributed by atoms with E-state index in [1.54, 1.807) is 26.3 Å². The van der Waals surface area contributed by atoms with Crippen LogP contribution in [0.15, 0.2) is 24.3 Å². The van der Waals surface area contributed by atoms with E-state index in [-0.39, 0.29) is 11.8 Å². The standard InChI is InChI=1S/C17H22N6O2/c1-10-8-15(18-2)22-17(20-10)21-11-4-5-14(25-3)12(9-11)16(24)13-6-7-19-23-13/h4-5,8-9,13,19,23H,6-7H2,1-3H3,(H2,18,20,21,22). The Morgan fingerprint density at radius 3 is 2.84 bits per heavy atom. The highest BCUT2D eigenvalue weighted by Crippen LogP contribution is 2.26. The normalized spacial score (nSPS) is 16.5. The number of ketones is 1. The van der Waals surface area contributed by atoms with Crippen molar-refractivity contribution in [2.24, 2.45) is 0 Å². The molecular formula is C17H22N6O2. The molecule has 1 fully saturated rings. The minimum Gasteiger partial charge on any atom is -0.496 e. The van der Waals surface area contributed by atoms with Crippen molar-refractivity contribution in [1.29, 1.82) is 0 Å². The van der Waals surface area contributed by atoms with Crippen molar-refractivity contribution in [3.05, 3.63) is 35.5 Å². The summed E-state index contributed by atoms with van der Waals surface area (Å²) in [6.07, 6.45) is 0.742. The van der Waals surface area contributed by atoms with Gasteiger partial charge >= 0.3 is 0 Å². The average molecular weight is 342 g/mol. The number of nitrogens with zero attached hydrogens (tertiary/aromatic N) is 2. The van der Waals surface area contributed by atoms with Crippen molar-refractivity contribution < 1.29 is 9.53 Å². The summed E-state index contributed by atoms with van der Waals surface area (Å²) in [6, 6.07) is 6.97. The van der Waals surface area contributed by atoms with Gasteiger partial charge in [0, 0.05) is 31.0 Å². The highest BCUT2D eigenvalue weighted by Gasteiger charge is 2.26. The predicted octanol–water partition coefficient (Wildman–Crippen LogP) is 1.63. The van der Waals surface area contributed by atoms with E-state index in [9.17, 15) is 4.79 Å². The molecule has 0 amide bonds. The number of anilines is 3. The molecular weight excluding hydrogens is 320 g/mol. The maximum absolute atomic E-state index is 12.7. The number of methoxy groups -OCH3 is 1. The summed E-state index contributed by atoms with van der Waals surface area (Å²) >= 11 is 0. The van der Waals surface area contributed by atoms with E-state index < -0.39 is 0 Å². The first-order valence-electron chi connectivity index (χ1n) is 8.12. The van der Waals surface area contributed by atoms with Gasteiger partial charge in [-0.25, -0.2) is 10.4 Å². The fraction of sp³-hybridized carbons (Fsp3) is 0.353. The summed E-state index contributed by atoms with van der Waals surface area (Å²) in [6.45, 7) is 2.66. The zero-order chi connectivity index (χ0) is 17.8. The van der Waals surface area contributed by atoms with Crippen molar-refractivity contribution >= 4 is 23.2 Å². The maximum Gasteiger partial charge on any atom is 0.229 e. The van der Waals surface area contributed by atoms with Crippen LogP contribution in [-0.4, -0.2) is 42.5 Å². The minimum absolute atomic E-state index is 0.00780. The number of hydrazine groups is 1. The second-order valence-electron chi connectivity index (χ2n) is 5.78. The first kappa shape index (κ1) is 17.1. The third kappa shape index (κ3) is 3.86. The fourth-order valence-electron chi connectivity index (χ4n) is 2.73. The molecule has 1 atom stereocenters. The molecule has 1 aromatic heterocycles. The Morgan fingerprint density at radius 1 is 1.32 bits per heavy atom. The van der Waals surface area contributed by atoms with Crippen LogP contribution in [0.25, 0.3) is 0 Å². The van der Waals surface area contributed by atoms with E-state index in [0.29, 0.717) is 17.3 Å². The summed E-state index contributed by atoms with van der Waals surface area (Å²) < 4.78 is 5.35. The van der Waals surface area contributed by atoms with E-state index in [0.717, 1.165) is 30.2 Å². The van der Waals surface area contributed by atoms with Crippen molar-refractivity contribution in [2.45, 2.75) is 19.4 Å². The van der Waals surface area contributed by atoms with E-state index in [1.165, 1.54) is 0 Å². The first-order valence-corrected chi connectivity index (χ1v) is 8.12. The van der Waals surface area contributed by atoms with E-state index in [2.05, 4.69) is 31.5 Å². The molecule has 2 aromatic rings. The molecule has 0 bridgehead atoms. The third-order valence-corrected chi connectivity index (χ3v) is 3.98. The molecule has 25 heavy (non-hydrogen) atoms. The Kier molecular flexibility index (Phi) is 5.11. The lowest BCUT2D eigenvalue weighted by Gasteiger charge is -2.14. The molecule has 8 heteroatoms. The number of aromatic nitrogens is 2. The molecule has 1 aliphatic rings. The van der Waals surface area contributed by atoms with Crippen LogP contribution in [0.5, 0.6) is 5.75 Å². The summed E-state index contributed by atoms with van der Waals surface area (Å²) in [5.74, 6) is 1.73. The predicted molar refractivity (Wildman–Crippen MR) is 96.5 cm³/mol. The van der Waals surface area contributed by atoms with Crippen molar-refractivity contribution in [3.63, 3.8) is 0 Å². The van der Waals surface area contributed by atoms with Crippen LogP contribution < -0.4 is 26.2 Å². The van der Waals surface area contributed by atoms with Crippen LogP contribution in [0, 0.1) is 6.92 Å². The quantitative estimate of drug-likeness (QED) is 0.588. The van der Waals surface area contributed by atoms with E-state index >= 15 is 0 Å². The molecule has 8 nitrogen and oxygen atoms in total. The molecule has 132 valence electrons. The number of carbonyl (C=O) groups excluding carboxylic acids is 1. The second kappa shape index (κ2) is 7.45.